The molecule has 0 aliphatic carbocycles. The predicted molar refractivity (Wildman–Crippen MR) is 84.5 cm³/mol. The Morgan fingerprint density at radius 2 is 2.09 bits per heavy atom. The average Bonchev–Trinajstić information content (AvgIpc) is 2.52. The van der Waals surface area contributed by atoms with Gasteiger partial charge in [0.25, 0.3) is 0 Å². The Labute approximate surface area is 137 Å². The van der Waals surface area contributed by atoms with Crippen LogP contribution in [0.4, 0.5) is 19.3 Å². The zero-order valence-electron chi connectivity index (χ0n) is 12.4. The van der Waals surface area contributed by atoms with Gasteiger partial charge in [0, 0.05) is 17.3 Å². The second kappa shape index (κ2) is 7.87. The minimum atomic E-state index is -0.730. The van der Waals surface area contributed by atoms with E-state index in [4.69, 9.17) is 16.3 Å². The number of benzene rings is 1. The summed E-state index contributed by atoms with van der Waals surface area (Å²) < 4.78 is 32.4. The number of nitrogens with zero attached hydrogens (tertiary/aromatic N) is 1. The molecule has 0 atom stereocenters. The van der Waals surface area contributed by atoms with Gasteiger partial charge in [0.1, 0.15) is 11.6 Å². The van der Waals surface area contributed by atoms with Gasteiger partial charge in [-0.1, -0.05) is 24.9 Å². The summed E-state index contributed by atoms with van der Waals surface area (Å²) in [6, 6.07) is 4.47. The summed E-state index contributed by atoms with van der Waals surface area (Å²) >= 11 is 5.98. The standard InChI is InChI=1S/C16H15ClF2N2O2/c1-2-3-8-23-16(22)21-14-11(6-7-20-15(14)17)12-9-10(18)4-5-13(12)19/h4-7,9H,2-3,8H2,1H3,(H,21,22). The van der Waals surface area contributed by atoms with Crippen LogP contribution in [0.3, 0.4) is 0 Å². The van der Waals surface area contributed by atoms with E-state index in [1.807, 2.05) is 6.92 Å². The Kier molecular flexibility index (Phi) is 5.87. The lowest BCUT2D eigenvalue weighted by atomic mass is 10.0. The Balaban J connectivity index is 2.33. The van der Waals surface area contributed by atoms with Crippen LogP contribution in [-0.4, -0.2) is 17.7 Å². The number of pyridine rings is 1. The van der Waals surface area contributed by atoms with E-state index in [0.717, 1.165) is 31.0 Å². The lowest BCUT2D eigenvalue weighted by Gasteiger charge is -2.13. The fourth-order valence-corrected chi connectivity index (χ4v) is 2.14. The molecule has 1 aromatic carbocycles. The van der Waals surface area contributed by atoms with Crippen LogP contribution in [0.15, 0.2) is 30.5 Å². The van der Waals surface area contributed by atoms with Crippen LogP contribution in [0.2, 0.25) is 5.15 Å². The molecule has 0 saturated heterocycles. The number of amides is 1. The van der Waals surface area contributed by atoms with Crippen LogP contribution in [0.5, 0.6) is 0 Å². The van der Waals surface area contributed by atoms with Crippen molar-refractivity contribution in [3.8, 4) is 11.1 Å². The Hall–Kier alpha value is -2.21. The zero-order valence-corrected chi connectivity index (χ0v) is 13.2. The Bertz CT molecular complexity index is 710. The molecule has 0 spiro atoms. The van der Waals surface area contributed by atoms with E-state index in [2.05, 4.69) is 10.3 Å². The fourth-order valence-electron chi connectivity index (χ4n) is 1.93. The molecule has 0 aliphatic heterocycles. The van der Waals surface area contributed by atoms with Crippen molar-refractivity contribution in [3.63, 3.8) is 0 Å². The smallest absolute Gasteiger partial charge is 0.411 e. The third-order valence-electron chi connectivity index (χ3n) is 3.08. The highest BCUT2D eigenvalue weighted by Crippen LogP contribution is 2.34. The molecule has 23 heavy (non-hydrogen) atoms. The number of anilines is 1. The SMILES string of the molecule is CCCCOC(=O)Nc1c(-c2cc(F)ccc2F)ccnc1Cl. The van der Waals surface area contributed by atoms with Gasteiger partial charge in [-0.15, -0.1) is 0 Å². The van der Waals surface area contributed by atoms with Crippen LogP contribution < -0.4 is 5.32 Å². The van der Waals surface area contributed by atoms with Crippen molar-refractivity contribution in [1.29, 1.82) is 0 Å². The van der Waals surface area contributed by atoms with Crippen molar-refractivity contribution in [2.24, 2.45) is 0 Å². The predicted octanol–water partition coefficient (Wildman–Crippen LogP) is 5.03. The third kappa shape index (κ3) is 4.39. The average molecular weight is 341 g/mol. The van der Waals surface area contributed by atoms with E-state index >= 15 is 0 Å². The summed E-state index contributed by atoms with van der Waals surface area (Å²) in [5.41, 5.74) is 0.257. The van der Waals surface area contributed by atoms with Crippen LogP contribution in [0.25, 0.3) is 11.1 Å². The molecule has 1 N–H and O–H groups in total. The summed E-state index contributed by atoms with van der Waals surface area (Å²) in [6.07, 6.45) is 2.21. The molecule has 7 heteroatoms. The minimum Gasteiger partial charge on any atom is -0.449 e. The van der Waals surface area contributed by atoms with Crippen molar-refractivity contribution < 1.29 is 18.3 Å². The number of nitrogens with one attached hydrogen (secondary N) is 1. The Morgan fingerprint density at radius 3 is 2.83 bits per heavy atom. The largest absolute Gasteiger partial charge is 0.449 e. The highest BCUT2D eigenvalue weighted by atomic mass is 35.5. The van der Waals surface area contributed by atoms with Crippen LogP contribution in [0.1, 0.15) is 19.8 Å². The van der Waals surface area contributed by atoms with E-state index < -0.39 is 17.7 Å². The molecule has 1 aromatic heterocycles. The molecule has 0 fully saturated rings. The number of rotatable bonds is 5. The summed E-state index contributed by atoms with van der Waals surface area (Å²) in [7, 11) is 0. The first-order valence-corrected chi connectivity index (χ1v) is 7.44. The third-order valence-corrected chi connectivity index (χ3v) is 3.37. The maximum absolute atomic E-state index is 14.0. The summed E-state index contributed by atoms with van der Waals surface area (Å²) in [5, 5.41) is 2.40. The van der Waals surface area contributed by atoms with Gasteiger partial charge in [-0.2, -0.15) is 0 Å². The van der Waals surface area contributed by atoms with Gasteiger partial charge >= 0.3 is 6.09 Å². The van der Waals surface area contributed by atoms with Gasteiger partial charge in [0.2, 0.25) is 0 Å². The second-order valence-corrected chi connectivity index (χ2v) is 5.12. The summed E-state index contributed by atoms with van der Waals surface area (Å²) in [4.78, 5) is 15.6. The van der Waals surface area contributed by atoms with Crippen molar-refractivity contribution in [2.75, 3.05) is 11.9 Å². The number of hydrogen-bond acceptors (Lipinski definition) is 3. The first-order chi connectivity index (χ1) is 11.0. The Morgan fingerprint density at radius 1 is 1.30 bits per heavy atom. The molecular weight excluding hydrogens is 326 g/mol. The van der Waals surface area contributed by atoms with Gasteiger partial charge in [0.15, 0.2) is 5.15 Å². The van der Waals surface area contributed by atoms with Gasteiger partial charge in [-0.3, -0.25) is 5.32 Å². The van der Waals surface area contributed by atoms with Crippen LogP contribution in [-0.2, 0) is 4.74 Å². The van der Waals surface area contributed by atoms with E-state index in [1.165, 1.54) is 12.3 Å². The summed E-state index contributed by atoms with van der Waals surface area (Å²) in [6.45, 7) is 2.22. The number of hydrogen-bond donors (Lipinski definition) is 1. The van der Waals surface area contributed by atoms with E-state index in [1.54, 1.807) is 0 Å². The van der Waals surface area contributed by atoms with Crippen LogP contribution >= 0.6 is 11.6 Å². The first-order valence-electron chi connectivity index (χ1n) is 7.06. The van der Waals surface area contributed by atoms with E-state index in [9.17, 15) is 13.6 Å². The minimum absolute atomic E-state index is 0.0295. The molecule has 0 aliphatic rings. The molecule has 0 radical (unpaired) electrons. The maximum Gasteiger partial charge on any atom is 0.411 e. The van der Waals surface area contributed by atoms with Gasteiger partial charge in [0.05, 0.1) is 12.3 Å². The number of carbonyl (C=O) groups excluding carboxylic acids is 1. The molecule has 4 nitrogen and oxygen atoms in total. The number of unbranched alkanes of at least 4 members (excludes halogenated alkanes) is 1. The van der Waals surface area contributed by atoms with Crippen molar-refractivity contribution in [1.82, 2.24) is 4.98 Å². The van der Waals surface area contributed by atoms with Gasteiger partial charge in [-0.25, -0.2) is 18.6 Å². The fraction of sp³-hybridized carbons (Fsp3) is 0.250. The molecule has 1 amide bonds. The molecule has 1 heterocycles. The second-order valence-electron chi connectivity index (χ2n) is 4.76. The summed E-state index contributed by atoms with van der Waals surface area (Å²) in [5.74, 6) is -1.25. The van der Waals surface area contributed by atoms with E-state index in [0.29, 0.717) is 0 Å². The number of aromatic nitrogens is 1. The van der Waals surface area contributed by atoms with Gasteiger partial charge < -0.3 is 4.74 Å². The molecule has 122 valence electrons. The normalized spacial score (nSPS) is 10.4. The molecule has 2 aromatic rings. The lowest BCUT2D eigenvalue weighted by molar-refractivity contribution is 0.160. The maximum atomic E-state index is 14.0. The van der Waals surface area contributed by atoms with E-state index in [-0.39, 0.29) is 28.6 Å². The monoisotopic (exact) mass is 340 g/mol. The lowest BCUT2D eigenvalue weighted by Crippen LogP contribution is -2.15. The van der Waals surface area contributed by atoms with Crippen molar-refractivity contribution in [3.05, 3.63) is 47.2 Å². The number of ether oxygens (including phenoxy) is 1. The first kappa shape index (κ1) is 17.1. The molecule has 0 saturated carbocycles. The molecule has 2 rings (SSSR count). The molecule has 0 bridgehead atoms. The quantitative estimate of drug-likeness (QED) is 0.613. The van der Waals surface area contributed by atoms with Gasteiger partial charge in [-0.05, 0) is 30.7 Å². The highest BCUT2D eigenvalue weighted by molar-refractivity contribution is 6.33. The zero-order chi connectivity index (χ0) is 16.8. The van der Waals surface area contributed by atoms with Crippen molar-refractivity contribution >= 4 is 23.4 Å². The number of carbonyl (C=O) groups is 1. The van der Waals surface area contributed by atoms with Crippen LogP contribution in [0, 0.1) is 11.6 Å². The highest BCUT2D eigenvalue weighted by Gasteiger charge is 2.17. The number of halogens is 3. The topological polar surface area (TPSA) is 51.2 Å². The molecular formula is C16H15ClF2N2O2. The molecule has 0 unspecified atom stereocenters. The van der Waals surface area contributed by atoms with Crippen molar-refractivity contribution in [2.45, 2.75) is 19.8 Å².